The van der Waals surface area contributed by atoms with Crippen molar-refractivity contribution < 1.29 is 13.5 Å². The molecule has 0 aromatic carbocycles. The van der Waals surface area contributed by atoms with Crippen molar-refractivity contribution in [3.05, 3.63) is 0 Å². The molecule has 0 aromatic rings. The number of aliphatic hydroxyl groups excluding tert-OH is 1. The monoisotopic (exact) mass is 193 g/mol. The van der Waals surface area contributed by atoms with Crippen LogP contribution in [0, 0.1) is 0 Å². The van der Waals surface area contributed by atoms with E-state index >= 15 is 0 Å². The summed E-state index contributed by atoms with van der Waals surface area (Å²) in [5.41, 5.74) is 0. The van der Waals surface area contributed by atoms with Gasteiger partial charge in [0.1, 0.15) is 0 Å². The maximum Gasteiger partial charge on any atom is 0.211 e. The van der Waals surface area contributed by atoms with Crippen molar-refractivity contribution in [2.75, 3.05) is 5.75 Å². The zero-order valence-corrected chi connectivity index (χ0v) is 7.97. The van der Waals surface area contributed by atoms with Crippen LogP contribution >= 0.6 is 0 Å². The molecule has 2 N–H and O–H groups in total. The third-order valence-corrected chi connectivity index (χ3v) is 3.61. The van der Waals surface area contributed by atoms with Crippen LogP contribution in [0.3, 0.4) is 0 Å². The van der Waals surface area contributed by atoms with Gasteiger partial charge < -0.3 is 5.11 Å². The predicted molar refractivity (Wildman–Crippen MR) is 46.2 cm³/mol. The fourth-order valence-corrected chi connectivity index (χ4v) is 2.29. The fraction of sp³-hybridized carbons (Fsp3) is 1.00. The van der Waals surface area contributed by atoms with Gasteiger partial charge in [-0.3, -0.25) is 0 Å². The zero-order chi connectivity index (χ0) is 9.19. The van der Waals surface area contributed by atoms with Gasteiger partial charge in [0.15, 0.2) is 0 Å². The summed E-state index contributed by atoms with van der Waals surface area (Å²) in [6.45, 7) is 1.59. The van der Waals surface area contributed by atoms with E-state index in [2.05, 4.69) is 4.72 Å². The van der Waals surface area contributed by atoms with Gasteiger partial charge >= 0.3 is 0 Å². The second-order valence-corrected chi connectivity index (χ2v) is 5.17. The van der Waals surface area contributed by atoms with E-state index in [1.807, 2.05) is 0 Å². The molecule has 1 aliphatic rings. The maximum absolute atomic E-state index is 11.1. The van der Waals surface area contributed by atoms with Crippen molar-refractivity contribution in [1.82, 2.24) is 4.72 Å². The Balaban J connectivity index is 2.51. The lowest BCUT2D eigenvalue weighted by molar-refractivity contribution is 0.159. The summed E-state index contributed by atoms with van der Waals surface area (Å²) in [4.78, 5) is 0. The van der Waals surface area contributed by atoms with Gasteiger partial charge in [-0.05, 0) is 26.2 Å². The van der Waals surface area contributed by atoms with Crippen molar-refractivity contribution in [2.24, 2.45) is 0 Å². The van der Waals surface area contributed by atoms with Crippen LogP contribution in [0.1, 0.15) is 26.2 Å². The molecule has 1 saturated carbocycles. The lowest BCUT2D eigenvalue weighted by atomic mass is 10.2. The molecule has 2 atom stereocenters. The number of rotatable bonds is 3. The van der Waals surface area contributed by atoms with E-state index in [-0.39, 0.29) is 11.8 Å². The van der Waals surface area contributed by atoms with E-state index in [0.29, 0.717) is 6.42 Å². The van der Waals surface area contributed by atoms with Gasteiger partial charge in [-0.15, -0.1) is 0 Å². The smallest absolute Gasteiger partial charge is 0.211 e. The third kappa shape index (κ3) is 2.43. The Labute approximate surface area is 73.0 Å². The molecule has 0 spiro atoms. The Morgan fingerprint density at radius 1 is 1.50 bits per heavy atom. The Hall–Kier alpha value is -0.130. The summed E-state index contributed by atoms with van der Waals surface area (Å²) in [6, 6.07) is -0.255. The molecule has 4 nitrogen and oxygen atoms in total. The van der Waals surface area contributed by atoms with Gasteiger partial charge in [0, 0.05) is 6.04 Å². The van der Waals surface area contributed by atoms with Gasteiger partial charge in [-0.1, -0.05) is 0 Å². The predicted octanol–water partition coefficient (Wildman–Crippen LogP) is -0.161. The molecule has 2 unspecified atom stereocenters. The largest absolute Gasteiger partial charge is 0.391 e. The van der Waals surface area contributed by atoms with Crippen LogP contribution in [0.2, 0.25) is 0 Å². The molecule has 0 amide bonds. The molecule has 0 aliphatic heterocycles. The first-order chi connectivity index (χ1) is 5.55. The summed E-state index contributed by atoms with van der Waals surface area (Å²) in [6.07, 6.45) is 1.86. The Morgan fingerprint density at radius 2 is 2.17 bits per heavy atom. The Bertz CT molecular complexity index is 237. The van der Waals surface area contributed by atoms with Gasteiger partial charge in [-0.25, -0.2) is 13.1 Å². The highest BCUT2D eigenvalue weighted by molar-refractivity contribution is 7.89. The SMILES string of the molecule is CCS(=O)(=O)NC1CCCC1O. The summed E-state index contributed by atoms with van der Waals surface area (Å²) >= 11 is 0. The fourth-order valence-electron chi connectivity index (χ4n) is 1.39. The van der Waals surface area contributed by atoms with Crippen molar-refractivity contribution in [3.63, 3.8) is 0 Å². The summed E-state index contributed by atoms with van der Waals surface area (Å²) in [5, 5.41) is 9.32. The van der Waals surface area contributed by atoms with Crippen LogP contribution in [-0.4, -0.2) is 31.4 Å². The highest BCUT2D eigenvalue weighted by Crippen LogP contribution is 2.19. The number of sulfonamides is 1. The van der Waals surface area contributed by atoms with E-state index in [1.54, 1.807) is 6.92 Å². The highest BCUT2D eigenvalue weighted by atomic mass is 32.2. The lowest BCUT2D eigenvalue weighted by Crippen LogP contribution is -2.40. The molecule has 0 saturated heterocycles. The molecule has 1 aliphatic carbocycles. The molecular weight excluding hydrogens is 178 g/mol. The molecular formula is C7H15NO3S. The van der Waals surface area contributed by atoms with E-state index in [9.17, 15) is 13.5 Å². The second kappa shape index (κ2) is 3.72. The van der Waals surface area contributed by atoms with Crippen molar-refractivity contribution >= 4 is 10.0 Å². The minimum absolute atomic E-state index is 0.0796. The van der Waals surface area contributed by atoms with Crippen molar-refractivity contribution in [3.8, 4) is 0 Å². The minimum Gasteiger partial charge on any atom is -0.391 e. The number of hydrogen-bond acceptors (Lipinski definition) is 3. The van der Waals surface area contributed by atoms with Crippen molar-refractivity contribution in [1.29, 1.82) is 0 Å². The molecule has 5 heteroatoms. The first-order valence-electron chi connectivity index (χ1n) is 4.23. The van der Waals surface area contributed by atoms with Crippen LogP contribution in [0.15, 0.2) is 0 Å². The molecule has 1 fully saturated rings. The second-order valence-electron chi connectivity index (χ2n) is 3.13. The van der Waals surface area contributed by atoms with Gasteiger partial charge in [0.25, 0.3) is 0 Å². The topological polar surface area (TPSA) is 66.4 Å². The molecule has 0 bridgehead atoms. The molecule has 1 rings (SSSR count). The van der Waals surface area contributed by atoms with Crippen LogP contribution in [0.25, 0.3) is 0 Å². The van der Waals surface area contributed by atoms with Crippen molar-refractivity contribution in [2.45, 2.75) is 38.3 Å². The van der Waals surface area contributed by atoms with Crippen LogP contribution in [0.5, 0.6) is 0 Å². The highest BCUT2D eigenvalue weighted by Gasteiger charge is 2.28. The third-order valence-electron chi connectivity index (χ3n) is 2.19. The molecule has 0 aromatic heterocycles. The van der Waals surface area contributed by atoms with Gasteiger partial charge in [0.2, 0.25) is 10.0 Å². The van der Waals surface area contributed by atoms with Gasteiger partial charge in [0.05, 0.1) is 11.9 Å². The maximum atomic E-state index is 11.1. The number of aliphatic hydroxyl groups is 1. The van der Waals surface area contributed by atoms with Gasteiger partial charge in [-0.2, -0.15) is 0 Å². The summed E-state index contributed by atoms with van der Waals surface area (Å²) in [7, 11) is -3.15. The first kappa shape index (κ1) is 9.95. The quantitative estimate of drug-likeness (QED) is 0.654. The average Bonchev–Trinajstić information content (AvgIpc) is 2.36. The van der Waals surface area contributed by atoms with E-state index in [1.165, 1.54) is 0 Å². The Morgan fingerprint density at radius 3 is 2.58 bits per heavy atom. The minimum atomic E-state index is -3.15. The standard InChI is InChI=1S/C7H15NO3S/c1-2-12(10,11)8-6-4-3-5-7(6)9/h6-9H,2-5H2,1H3. The first-order valence-corrected chi connectivity index (χ1v) is 5.88. The van der Waals surface area contributed by atoms with Crippen LogP contribution in [0.4, 0.5) is 0 Å². The van der Waals surface area contributed by atoms with E-state index < -0.39 is 16.1 Å². The molecule has 0 heterocycles. The average molecular weight is 193 g/mol. The lowest BCUT2D eigenvalue weighted by Gasteiger charge is -2.15. The van der Waals surface area contributed by atoms with E-state index in [0.717, 1.165) is 12.8 Å². The van der Waals surface area contributed by atoms with E-state index in [4.69, 9.17) is 0 Å². The normalized spacial score (nSPS) is 30.8. The van der Waals surface area contributed by atoms with Crippen LogP contribution in [-0.2, 0) is 10.0 Å². The molecule has 72 valence electrons. The molecule has 0 radical (unpaired) electrons. The summed E-state index contributed by atoms with van der Waals surface area (Å²) in [5.74, 6) is 0.0796. The summed E-state index contributed by atoms with van der Waals surface area (Å²) < 4.78 is 24.6. The van der Waals surface area contributed by atoms with Crippen LogP contribution < -0.4 is 4.72 Å². The zero-order valence-electron chi connectivity index (χ0n) is 7.16. The Kier molecular flexibility index (Phi) is 3.09. The molecule has 12 heavy (non-hydrogen) atoms. The number of hydrogen-bond donors (Lipinski definition) is 2. The number of nitrogens with one attached hydrogen (secondary N) is 1.